The third-order valence-corrected chi connectivity index (χ3v) is 6.60. The zero-order valence-electron chi connectivity index (χ0n) is 20.1. The van der Waals surface area contributed by atoms with Crippen LogP contribution in [0, 0.1) is 18.3 Å². The van der Waals surface area contributed by atoms with E-state index in [0.29, 0.717) is 24.5 Å². The Kier molecular flexibility index (Phi) is 12.1. The van der Waals surface area contributed by atoms with Gasteiger partial charge < -0.3 is 24.8 Å². The van der Waals surface area contributed by atoms with E-state index in [-0.39, 0.29) is 24.0 Å². The van der Waals surface area contributed by atoms with Crippen molar-refractivity contribution in [3.05, 3.63) is 29.3 Å². The molecule has 1 saturated heterocycles. The molecular formula is C25H42IN3O3. The van der Waals surface area contributed by atoms with Gasteiger partial charge in [-0.1, -0.05) is 25.0 Å². The molecule has 1 atom stereocenters. The van der Waals surface area contributed by atoms with E-state index in [0.717, 1.165) is 63.0 Å². The van der Waals surface area contributed by atoms with E-state index in [1.807, 2.05) is 0 Å². The maximum Gasteiger partial charge on any atom is 0.191 e. The lowest BCUT2D eigenvalue weighted by molar-refractivity contribution is 0.138. The first-order valence-electron chi connectivity index (χ1n) is 12.0. The van der Waals surface area contributed by atoms with Crippen molar-refractivity contribution in [1.82, 2.24) is 10.6 Å². The van der Waals surface area contributed by atoms with Crippen molar-refractivity contribution >= 4 is 29.9 Å². The second-order valence-electron chi connectivity index (χ2n) is 9.15. The first-order valence-corrected chi connectivity index (χ1v) is 12.0. The maximum absolute atomic E-state index is 6.19. The summed E-state index contributed by atoms with van der Waals surface area (Å²) in [4.78, 5) is 4.88. The Bertz CT molecular complexity index is 702. The van der Waals surface area contributed by atoms with Crippen LogP contribution in [0.1, 0.15) is 56.6 Å². The van der Waals surface area contributed by atoms with Crippen LogP contribution in [0.4, 0.5) is 0 Å². The van der Waals surface area contributed by atoms with Gasteiger partial charge in [0.2, 0.25) is 0 Å². The quantitative estimate of drug-likeness (QED) is 0.234. The summed E-state index contributed by atoms with van der Waals surface area (Å²) in [7, 11) is 1.79. The predicted molar refractivity (Wildman–Crippen MR) is 141 cm³/mol. The number of benzene rings is 1. The van der Waals surface area contributed by atoms with Crippen molar-refractivity contribution < 1.29 is 14.2 Å². The number of rotatable bonds is 11. The largest absolute Gasteiger partial charge is 0.493 e. The molecule has 2 fully saturated rings. The third kappa shape index (κ3) is 8.37. The number of hydrogen-bond donors (Lipinski definition) is 2. The van der Waals surface area contributed by atoms with Gasteiger partial charge in [0.1, 0.15) is 5.75 Å². The molecule has 1 aromatic rings. The molecule has 0 bridgehead atoms. The van der Waals surface area contributed by atoms with Crippen molar-refractivity contribution in [1.29, 1.82) is 0 Å². The second-order valence-corrected chi connectivity index (χ2v) is 9.15. The van der Waals surface area contributed by atoms with Crippen molar-refractivity contribution in [2.24, 2.45) is 16.3 Å². The van der Waals surface area contributed by atoms with Crippen LogP contribution >= 0.6 is 24.0 Å². The first kappa shape index (κ1) is 27.2. The molecular weight excluding hydrogens is 517 g/mol. The molecule has 2 aliphatic rings. The number of nitrogens with one attached hydrogen (secondary N) is 2. The Morgan fingerprint density at radius 3 is 2.75 bits per heavy atom. The molecule has 3 rings (SSSR count). The summed E-state index contributed by atoms with van der Waals surface area (Å²) in [5, 5.41) is 7.02. The summed E-state index contributed by atoms with van der Waals surface area (Å²) in [5.74, 6) is 2.31. The van der Waals surface area contributed by atoms with E-state index in [4.69, 9.17) is 19.2 Å². The zero-order chi connectivity index (χ0) is 21.9. The van der Waals surface area contributed by atoms with Gasteiger partial charge in [-0.2, -0.15) is 0 Å². The van der Waals surface area contributed by atoms with Crippen molar-refractivity contribution in [3.8, 4) is 5.75 Å². The Morgan fingerprint density at radius 2 is 2.06 bits per heavy atom. The molecule has 1 unspecified atom stereocenters. The number of nitrogens with zero attached hydrogens (tertiary/aromatic N) is 1. The molecule has 0 aromatic heterocycles. The average molecular weight is 560 g/mol. The van der Waals surface area contributed by atoms with Crippen LogP contribution in [0.3, 0.4) is 0 Å². The van der Waals surface area contributed by atoms with Gasteiger partial charge in [0, 0.05) is 44.9 Å². The van der Waals surface area contributed by atoms with Gasteiger partial charge in [0.25, 0.3) is 0 Å². The van der Waals surface area contributed by atoms with Crippen LogP contribution < -0.4 is 15.4 Å². The number of methoxy groups -OCH3 is 1. The summed E-state index contributed by atoms with van der Waals surface area (Å²) in [5.41, 5.74) is 2.65. The van der Waals surface area contributed by atoms with Crippen LogP contribution in [-0.2, 0) is 16.0 Å². The minimum absolute atomic E-state index is 0. The van der Waals surface area contributed by atoms with Crippen LogP contribution in [0.5, 0.6) is 5.75 Å². The number of aryl methyl sites for hydroxylation is 1. The van der Waals surface area contributed by atoms with Gasteiger partial charge in [0.05, 0.1) is 19.8 Å². The zero-order valence-corrected chi connectivity index (χ0v) is 22.4. The molecule has 182 valence electrons. The summed E-state index contributed by atoms with van der Waals surface area (Å²) in [6.07, 6.45) is 7.35. The number of guanidine groups is 1. The lowest BCUT2D eigenvalue weighted by Gasteiger charge is -2.30. The monoisotopic (exact) mass is 559 g/mol. The number of halogens is 1. The van der Waals surface area contributed by atoms with Crippen molar-refractivity contribution in [2.75, 3.05) is 46.6 Å². The molecule has 6 nitrogen and oxygen atoms in total. The average Bonchev–Trinajstić information content (AvgIpc) is 3.46. The normalized spacial score (nSPS) is 20.1. The Balaban J connectivity index is 0.00000363. The third-order valence-electron chi connectivity index (χ3n) is 6.60. The molecule has 1 aliphatic carbocycles. The second kappa shape index (κ2) is 14.3. The SMILES string of the molecule is CCNC(=NCc1ccc(C)cc1OCC1CCOC1)NCC1(CCOC)CCCC1.I. The lowest BCUT2D eigenvalue weighted by atomic mass is 9.83. The number of aliphatic imine (C=N–C) groups is 1. The van der Waals surface area contributed by atoms with Crippen molar-refractivity contribution in [3.63, 3.8) is 0 Å². The van der Waals surface area contributed by atoms with E-state index in [2.05, 4.69) is 42.7 Å². The minimum Gasteiger partial charge on any atom is -0.493 e. The fourth-order valence-electron chi connectivity index (χ4n) is 4.59. The number of ether oxygens (including phenoxy) is 3. The van der Waals surface area contributed by atoms with Gasteiger partial charge in [-0.15, -0.1) is 24.0 Å². The topological polar surface area (TPSA) is 64.1 Å². The summed E-state index contributed by atoms with van der Waals surface area (Å²) in [6.45, 7) is 9.78. The van der Waals surface area contributed by atoms with E-state index in [1.165, 1.54) is 31.2 Å². The molecule has 1 saturated carbocycles. The molecule has 32 heavy (non-hydrogen) atoms. The highest BCUT2D eigenvalue weighted by atomic mass is 127. The molecule has 2 N–H and O–H groups in total. The molecule has 0 spiro atoms. The Hall–Kier alpha value is -1.06. The van der Waals surface area contributed by atoms with Gasteiger partial charge in [-0.05, 0) is 56.6 Å². The highest BCUT2D eigenvalue weighted by Gasteiger charge is 2.33. The van der Waals surface area contributed by atoms with E-state index in [1.54, 1.807) is 7.11 Å². The Labute approximate surface area is 211 Å². The predicted octanol–water partition coefficient (Wildman–Crippen LogP) is 4.68. The van der Waals surface area contributed by atoms with Crippen LogP contribution in [0.15, 0.2) is 23.2 Å². The summed E-state index contributed by atoms with van der Waals surface area (Å²) in [6, 6.07) is 6.40. The molecule has 0 amide bonds. The van der Waals surface area contributed by atoms with Crippen molar-refractivity contribution in [2.45, 2.75) is 58.9 Å². The number of hydrogen-bond acceptors (Lipinski definition) is 4. The lowest BCUT2D eigenvalue weighted by Crippen LogP contribution is -2.43. The van der Waals surface area contributed by atoms with E-state index in [9.17, 15) is 0 Å². The standard InChI is InChI=1S/C25H41N3O3.HI/c1-4-26-24(28-19-25(12-14-29-3)10-5-6-11-25)27-16-22-8-7-20(2)15-23(22)31-18-21-9-13-30-17-21;/h7-8,15,21H,4-6,9-14,16-19H2,1-3H3,(H2,26,27,28);1H. The van der Waals surface area contributed by atoms with Gasteiger partial charge in [0.15, 0.2) is 5.96 Å². The summed E-state index contributed by atoms with van der Waals surface area (Å²) < 4.78 is 17.0. The first-order chi connectivity index (χ1) is 15.1. The van der Waals surface area contributed by atoms with Gasteiger partial charge in [-0.3, -0.25) is 0 Å². The van der Waals surface area contributed by atoms with Gasteiger partial charge >= 0.3 is 0 Å². The Morgan fingerprint density at radius 1 is 1.25 bits per heavy atom. The van der Waals surface area contributed by atoms with E-state index >= 15 is 0 Å². The van der Waals surface area contributed by atoms with E-state index < -0.39 is 0 Å². The van der Waals surface area contributed by atoms with Crippen LogP contribution in [-0.4, -0.2) is 52.6 Å². The fourth-order valence-corrected chi connectivity index (χ4v) is 4.59. The molecule has 0 radical (unpaired) electrons. The molecule has 7 heteroatoms. The summed E-state index contributed by atoms with van der Waals surface area (Å²) >= 11 is 0. The molecule has 1 heterocycles. The fraction of sp³-hybridized carbons (Fsp3) is 0.720. The van der Waals surface area contributed by atoms with Crippen LogP contribution in [0.2, 0.25) is 0 Å². The van der Waals surface area contributed by atoms with Gasteiger partial charge in [-0.25, -0.2) is 4.99 Å². The smallest absolute Gasteiger partial charge is 0.191 e. The highest BCUT2D eigenvalue weighted by Crippen LogP contribution is 2.40. The minimum atomic E-state index is 0. The highest BCUT2D eigenvalue weighted by molar-refractivity contribution is 14.0. The molecule has 1 aliphatic heterocycles. The van der Waals surface area contributed by atoms with Crippen LogP contribution in [0.25, 0.3) is 0 Å². The maximum atomic E-state index is 6.19. The molecule has 1 aromatic carbocycles.